The molecule has 19 heavy (non-hydrogen) atoms. The van der Waals surface area contributed by atoms with Crippen LogP contribution in [0.15, 0.2) is 4.99 Å². The lowest BCUT2D eigenvalue weighted by Crippen LogP contribution is -2.47. The van der Waals surface area contributed by atoms with Crippen molar-refractivity contribution in [3.8, 4) is 0 Å². The van der Waals surface area contributed by atoms with Gasteiger partial charge in [-0.2, -0.15) is 0 Å². The summed E-state index contributed by atoms with van der Waals surface area (Å²) >= 11 is 1.97. The molecule has 2 unspecified atom stereocenters. The van der Waals surface area contributed by atoms with E-state index in [2.05, 4.69) is 12.2 Å². The molecule has 3 fully saturated rings. The van der Waals surface area contributed by atoms with E-state index < -0.39 is 0 Å². The number of nitrogens with one attached hydrogen (secondary N) is 1. The molecule has 1 heterocycles. The van der Waals surface area contributed by atoms with Crippen molar-refractivity contribution in [2.24, 2.45) is 16.8 Å². The second kappa shape index (κ2) is 6.07. The SMILES string of the molecule is CC1CCCC2(CSC(=NCCC3CCCC3)N2)C1. The van der Waals surface area contributed by atoms with Crippen molar-refractivity contribution >= 4 is 16.9 Å². The van der Waals surface area contributed by atoms with Crippen LogP contribution in [0, 0.1) is 11.8 Å². The number of rotatable bonds is 3. The second-order valence-corrected chi connectivity index (χ2v) is 7.99. The molecule has 108 valence electrons. The van der Waals surface area contributed by atoms with E-state index in [9.17, 15) is 0 Å². The summed E-state index contributed by atoms with van der Waals surface area (Å²) in [5.41, 5.74) is 0.397. The molecule has 2 atom stereocenters. The molecule has 3 rings (SSSR count). The smallest absolute Gasteiger partial charge is 0.157 e. The third-order valence-corrected chi connectivity index (χ3v) is 6.42. The Labute approximate surface area is 122 Å². The van der Waals surface area contributed by atoms with Gasteiger partial charge in [0.25, 0.3) is 0 Å². The van der Waals surface area contributed by atoms with Gasteiger partial charge in [-0.25, -0.2) is 0 Å². The Morgan fingerprint density at radius 3 is 2.89 bits per heavy atom. The zero-order valence-electron chi connectivity index (χ0n) is 12.3. The highest BCUT2D eigenvalue weighted by molar-refractivity contribution is 8.14. The molecule has 2 saturated carbocycles. The van der Waals surface area contributed by atoms with Crippen LogP contribution in [-0.2, 0) is 0 Å². The van der Waals surface area contributed by atoms with Crippen molar-refractivity contribution in [2.75, 3.05) is 12.3 Å². The number of aliphatic imine (C=N–C) groups is 1. The third kappa shape index (κ3) is 3.48. The highest BCUT2D eigenvalue weighted by Crippen LogP contribution is 2.38. The topological polar surface area (TPSA) is 24.4 Å². The molecule has 3 aliphatic rings. The quantitative estimate of drug-likeness (QED) is 0.837. The normalized spacial score (nSPS) is 38.2. The van der Waals surface area contributed by atoms with Crippen molar-refractivity contribution in [3.05, 3.63) is 0 Å². The Balaban J connectivity index is 1.47. The molecule has 2 aliphatic carbocycles. The standard InChI is InChI=1S/C16H28N2S/c1-13-5-4-9-16(11-13)12-19-15(18-16)17-10-8-14-6-2-3-7-14/h13-14H,2-12H2,1H3,(H,17,18). The third-order valence-electron chi connectivity index (χ3n) is 5.22. The number of hydrogen-bond acceptors (Lipinski definition) is 2. The van der Waals surface area contributed by atoms with E-state index in [1.165, 1.54) is 68.7 Å². The summed E-state index contributed by atoms with van der Waals surface area (Å²) in [7, 11) is 0. The second-order valence-electron chi connectivity index (χ2n) is 7.02. The molecule has 0 aromatic rings. The van der Waals surface area contributed by atoms with Crippen molar-refractivity contribution in [2.45, 2.75) is 70.3 Å². The van der Waals surface area contributed by atoms with Crippen LogP contribution in [0.2, 0.25) is 0 Å². The predicted molar refractivity (Wildman–Crippen MR) is 84.8 cm³/mol. The van der Waals surface area contributed by atoms with E-state index in [-0.39, 0.29) is 0 Å². The average molecular weight is 280 g/mol. The van der Waals surface area contributed by atoms with Crippen LogP contribution in [0.4, 0.5) is 0 Å². The molecule has 0 aromatic heterocycles. The maximum absolute atomic E-state index is 4.83. The Morgan fingerprint density at radius 2 is 2.11 bits per heavy atom. The lowest BCUT2D eigenvalue weighted by molar-refractivity contribution is 0.242. The van der Waals surface area contributed by atoms with Gasteiger partial charge in [0.05, 0.1) is 0 Å². The zero-order chi connectivity index (χ0) is 13.1. The summed E-state index contributed by atoms with van der Waals surface area (Å²) < 4.78 is 0. The first-order chi connectivity index (χ1) is 9.26. The van der Waals surface area contributed by atoms with E-state index in [0.29, 0.717) is 5.54 Å². The van der Waals surface area contributed by atoms with E-state index in [1.807, 2.05) is 11.8 Å². The Hall–Kier alpha value is -0.180. The lowest BCUT2D eigenvalue weighted by Gasteiger charge is -2.36. The molecule has 2 nitrogen and oxygen atoms in total. The fourth-order valence-electron chi connectivity index (χ4n) is 4.14. The van der Waals surface area contributed by atoms with Crippen LogP contribution in [0.5, 0.6) is 0 Å². The van der Waals surface area contributed by atoms with Crippen LogP contribution in [0.25, 0.3) is 0 Å². The predicted octanol–water partition coefficient (Wildman–Crippen LogP) is 4.21. The van der Waals surface area contributed by atoms with Gasteiger partial charge in [0.15, 0.2) is 5.17 Å². The van der Waals surface area contributed by atoms with Crippen LogP contribution >= 0.6 is 11.8 Å². The molecule has 1 spiro atoms. The van der Waals surface area contributed by atoms with Crippen LogP contribution < -0.4 is 5.32 Å². The Bertz CT molecular complexity index is 336. The molecule has 0 radical (unpaired) electrons. The van der Waals surface area contributed by atoms with Gasteiger partial charge in [-0.05, 0) is 31.1 Å². The maximum Gasteiger partial charge on any atom is 0.157 e. The minimum atomic E-state index is 0.397. The van der Waals surface area contributed by atoms with Gasteiger partial charge in [0.2, 0.25) is 0 Å². The first-order valence-corrected chi connectivity index (χ1v) is 9.20. The van der Waals surface area contributed by atoms with Gasteiger partial charge in [-0.1, -0.05) is 57.2 Å². The van der Waals surface area contributed by atoms with Gasteiger partial charge >= 0.3 is 0 Å². The van der Waals surface area contributed by atoms with Crippen LogP contribution in [-0.4, -0.2) is 23.0 Å². The molecule has 1 aliphatic heterocycles. The molecule has 0 amide bonds. The number of nitrogens with zero attached hydrogens (tertiary/aromatic N) is 1. The van der Waals surface area contributed by atoms with Gasteiger partial charge < -0.3 is 5.32 Å². The number of hydrogen-bond donors (Lipinski definition) is 1. The van der Waals surface area contributed by atoms with Gasteiger partial charge in [0, 0.05) is 17.8 Å². The first-order valence-electron chi connectivity index (χ1n) is 8.21. The molecule has 0 bridgehead atoms. The molecule has 1 saturated heterocycles. The van der Waals surface area contributed by atoms with Gasteiger partial charge in [-0.15, -0.1) is 0 Å². The molecule has 1 N–H and O–H groups in total. The highest BCUT2D eigenvalue weighted by Gasteiger charge is 2.40. The average Bonchev–Trinajstić information content (AvgIpc) is 3.00. The van der Waals surface area contributed by atoms with Crippen molar-refractivity contribution < 1.29 is 0 Å². The Morgan fingerprint density at radius 1 is 1.26 bits per heavy atom. The molecular weight excluding hydrogens is 252 g/mol. The largest absolute Gasteiger partial charge is 0.359 e. The summed E-state index contributed by atoms with van der Waals surface area (Å²) in [6.45, 7) is 3.45. The first kappa shape index (κ1) is 13.8. The van der Waals surface area contributed by atoms with E-state index in [1.54, 1.807) is 0 Å². The van der Waals surface area contributed by atoms with Crippen molar-refractivity contribution in [1.29, 1.82) is 0 Å². The maximum atomic E-state index is 4.83. The van der Waals surface area contributed by atoms with Crippen molar-refractivity contribution in [1.82, 2.24) is 5.32 Å². The van der Waals surface area contributed by atoms with E-state index >= 15 is 0 Å². The zero-order valence-corrected chi connectivity index (χ0v) is 13.1. The number of amidine groups is 1. The van der Waals surface area contributed by atoms with Crippen molar-refractivity contribution in [3.63, 3.8) is 0 Å². The highest BCUT2D eigenvalue weighted by atomic mass is 32.2. The minimum absolute atomic E-state index is 0.397. The minimum Gasteiger partial charge on any atom is -0.359 e. The number of thioether (sulfide) groups is 1. The molecular formula is C16H28N2S. The van der Waals surface area contributed by atoms with E-state index in [0.717, 1.165) is 18.4 Å². The monoisotopic (exact) mass is 280 g/mol. The summed E-state index contributed by atoms with van der Waals surface area (Å²) in [6.07, 6.45) is 12.6. The summed E-state index contributed by atoms with van der Waals surface area (Å²) in [6, 6.07) is 0. The summed E-state index contributed by atoms with van der Waals surface area (Å²) in [4.78, 5) is 4.83. The fraction of sp³-hybridized carbons (Fsp3) is 0.938. The van der Waals surface area contributed by atoms with Crippen LogP contribution in [0.1, 0.15) is 64.7 Å². The van der Waals surface area contributed by atoms with Crippen LogP contribution in [0.3, 0.4) is 0 Å². The van der Waals surface area contributed by atoms with Gasteiger partial charge in [0.1, 0.15) is 0 Å². The van der Waals surface area contributed by atoms with Gasteiger partial charge in [-0.3, -0.25) is 4.99 Å². The fourth-order valence-corrected chi connectivity index (χ4v) is 5.36. The Kier molecular flexibility index (Phi) is 4.40. The molecule has 3 heteroatoms. The molecule has 0 aromatic carbocycles. The van der Waals surface area contributed by atoms with E-state index in [4.69, 9.17) is 4.99 Å². The summed E-state index contributed by atoms with van der Waals surface area (Å²) in [5.74, 6) is 3.11. The lowest BCUT2D eigenvalue weighted by atomic mass is 9.78. The summed E-state index contributed by atoms with van der Waals surface area (Å²) in [5, 5.41) is 5.02.